The zero-order chi connectivity index (χ0) is 11.3. The molecule has 5 nitrogen and oxygen atoms in total. The molecule has 2 N–H and O–H groups in total. The van der Waals surface area contributed by atoms with Gasteiger partial charge in [-0.3, -0.25) is 0 Å². The lowest BCUT2D eigenvalue weighted by Gasteiger charge is -2.22. The number of hydrogen-bond acceptors (Lipinski definition) is 4. The molecule has 1 unspecified atom stereocenters. The Morgan fingerprint density at radius 2 is 2.27 bits per heavy atom. The summed E-state index contributed by atoms with van der Waals surface area (Å²) < 4.78 is 30.3. The molecule has 0 amide bonds. The summed E-state index contributed by atoms with van der Waals surface area (Å²) >= 11 is 0. The summed E-state index contributed by atoms with van der Waals surface area (Å²) in [6.45, 7) is 3.69. The van der Waals surface area contributed by atoms with Crippen LogP contribution in [0.15, 0.2) is 0 Å². The topological polar surface area (TPSA) is 72.6 Å². The van der Waals surface area contributed by atoms with Crippen LogP contribution in [0.25, 0.3) is 0 Å². The molecule has 1 fully saturated rings. The van der Waals surface area contributed by atoms with E-state index in [1.54, 1.807) is 0 Å². The number of nitrogens with zero attached hydrogens (tertiary/aromatic N) is 1. The summed E-state index contributed by atoms with van der Waals surface area (Å²) in [6.07, 6.45) is 1.79. The van der Waals surface area contributed by atoms with Crippen molar-refractivity contribution in [1.82, 2.24) is 4.31 Å². The van der Waals surface area contributed by atoms with Crippen molar-refractivity contribution in [3.05, 3.63) is 0 Å². The smallest absolute Gasteiger partial charge is 0.216 e. The highest BCUT2D eigenvalue weighted by Crippen LogP contribution is 2.20. The van der Waals surface area contributed by atoms with Gasteiger partial charge in [-0.2, -0.15) is 4.31 Å². The van der Waals surface area contributed by atoms with Crippen molar-refractivity contribution >= 4 is 10.0 Å². The van der Waals surface area contributed by atoms with E-state index in [1.165, 1.54) is 4.31 Å². The fraction of sp³-hybridized carbons (Fsp3) is 1.00. The van der Waals surface area contributed by atoms with Crippen LogP contribution in [0.1, 0.15) is 19.8 Å². The predicted octanol–water partition coefficient (Wildman–Crippen LogP) is -0.224. The van der Waals surface area contributed by atoms with E-state index in [9.17, 15) is 8.42 Å². The molecule has 0 aromatic heterocycles. The summed E-state index contributed by atoms with van der Waals surface area (Å²) in [5.41, 5.74) is 5.54. The van der Waals surface area contributed by atoms with Gasteiger partial charge in [0.15, 0.2) is 0 Å². The maximum absolute atomic E-state index is 11.9. The van der Waals surface area contributed by atoms with Crippen molar-refractivity contribution in [2.45, 2.75) is 25.8 Å². The van der Waals surface area contributed by atoms with Gasteiger partial charge >= 0.3 is 0 Å². The lowest BCUT2D eigenvalue weighted by molar-refractivity contribution is 0.162. The Hall–Kier alpha value is -0.170. The molecule has 1 atom stereocenters. The normalized spacial score (nSPS) is 23.5. The second-order valence-corrected chi connectivity index (χ2v) is 5.70. The first-order valence-electron chi connectivity index (χ1n) is 5.39. The summed E-state index contributed by atoms with van der Waals surface area (Å²) in [5.74, 6) is 0.0668. The summed E-state index contributed by atoms with van der Waals surface area (Å²) in [5, 5.41) is 0. The van der Waals surface area contributed by atoms with Crippen LogP contribution >= 0.6 is 0 Å². The van der Waals surface area contributed by atoms with Gasteiger partial charge in [0.05, 0.1) is 12.4 Å². The number of hydrogen-bond donors (Lipinski definition) is 1. The zero-order valence-electron chi connectivity index (χ0n) is 9.18. The van der Waals surface area contributed by atoms with Crippen molar-refractivity contribution < 1.29 is 13.2 Å². The minimum atomic E-state index is -3.17. The Kier molecular flexibility index (Phi) is 4.98. The number of ether oxygens (including phenoxy) is 1. The average Bonchev–Trinajstić information content (AvgIpc) is 2.66. The maximum Gasteiger partial charge on any atom is 0.216 e. The summed E-state index contributed by atoms with van der Waals surface area (Å²) in [6, 6.07) is -0.00312. The van der Waals surface area contributed by atoms with E-state index in [4.69, 9.17) is 10.5 Å². The second kappa shape index (κ2) is 5.79. The molecule has 15 heavy (non-hydrogen) atoms. The third-order valence-corrected chi connectivity index (χ3v) is 4.52. The van der Waals surface area contributed by atoms with Crippen LogP contribution in [0.4, 0.5) is 0 Å². The van der Waals surface area contributed by atoms with Gasteiger partial charge in [0, 0.05) is 25.7 Å². The first-order valence-corrected chi connectivity index (χ1v) is 7.00. The molecule has 1 saturated heterocycles. The molecule has 1 aliphatic heterocycles. The SMILES string of the molecule is CCOCCS(=O)(=O)N1CCCC1CN. The van der Waals surface area contributed by atoms with Crippen molar-refractivity contribution in [3.8, 4) is 0 Å². The highest BCUT2D eigenvalue weighted by atomic mass is 32.2. The Morgan fingerprint density at radius 1 is 1.53 bits per heavy atom. The van der Waals surface area contributed by atoms with Gasteiger partial charge in [-0.1, -0.05) is 0 Å². The van der Waals surface area contributed by atoms with E-state index >= 15 is 0 Å². The van der Waals surface area contributed by atoms with Crippen LogP contribution in [-0.4, -0.2) is 50.8 Å². The van der Waals surface area contributed by atoms with E-state index in [2.05, 4.69) is 0 Å². The van der Waals surface area contributed by atoms with E-state index in [0.717, 1.165) is 12.8 Å². The quantitative estimate of drug-likeness (QED) is 0.647. The van der Waals surface area contributed by atoms with Crippen LogP contribution in [0.3, 0.4) is 0 Å². The van der Waals surface area contributed by atoms with Crippen molar-refractivity contribution in [2.75, 3.05) is 32.1 Å². The highest BCUT2D eigenvalue weighted by molar-refractivity contribution is 7.89. The molecule has 0 bridgehead atoms. The first kappa shape index (κ1) is 12.9. The van der Waals surface area contributed by atoms with Gasteiger partial charge in [0.1, 0.15) is 0 Å². The Balaban J connectivity index is 2.52. The van der Waals surface area contributed by atoms with Gasteiger partial charge in [0.2, 0.25) is 10.0 Å². The molecular weight excluding hydrogens is 216 g/mol. The second-order valence-electron chi connectivity index (χ2n) is 3.66. The molecule has 6 heteroatoms. The molecule has 1 rings (SSSR count). The lowest BCUT2D eigenvalue weighted by Crippen LogP contribution is -2.41. The molecule has 0 saturated carbocycles. The molecular formula is C9H20N2O3S. The molecule has 0 aromatic rings. The Labute approximate surface area is 91.6 Å². The minimum Gasteiger partial charge on any atom is -0.381 e. The minimum absolute atomic E-state index is 0.00312. The molecule has 90 valence electrons. The van der Waals surface area contributed by atoms with Crippen LogP contribution in [0.5, 0.6) is 0 Å². The van der Waals surface area contributed by atoms with Gasteiger partial charge in [-0.05, 0) is 19.8 Å². The van der Waals surface area contributed by atoms with E-state index in [-0.39, 0.29) is 18.4 Å². The van der Waals surface area contributed by atoms with Crippen LogP contribution in [0, 0.1) is 0 Å². The van der Waals surface area contributed by atoms with Crippen molar-refractivity contribution in [3.63, 3.8) is 0 Å². The first-order chi connectivity index (χ1) is 7.11. The fourth-order valence-electron chi connectivity index (χ4n) is 1.84. The zero-order valence-corrected chi connectivity index (χ0v) is 10.0. The molecule has 0 spiro atoms. The standard InChI is InChI=1S/C9H20N2O3S/c1-2-14-6-7-15(12,13)11-5-3-4-9(11)8-10/h9H,2-8,10H2,1H3. The number of sulfonamides is 1. The largest absolute Gasteiger partial charge is 0.381 e. The maximum atomic E-state index is 11.9. The fourth-order valence-corrected chi connectivity index (χ4v) is 3.45. The van der Waals surface area contributed by atoms with Crippen molar-refractivity contribution in [2.24, 2.45) is 5.73 Å². The third-order valence-electron chi connectivity index (χ3n) is 2.64. The molecule has 0 aromatic carbocycles. The van der Waals surface area contributed by atoms with Crippen LogP contribution in [0.2, 0.25) is 0 Å². The van der Waals surface area contributed by atoms with E-state index in [0.29, 0.717) is 19.7 Å². The van der Waals surface area contributed by atoms with Gasteiger partial charge < -0.3 is 10.5 Å². The lowest BCUT2D eigenvalue weighted by atomic mass is 10.2. The summed E-state index contributed by atoms with van der Waals surface area (Å²) in [7, 11) is -3.17. The van der Waals surface area contributed by atoms with Gasteiger partial charge in [-0.15, -0.1) is 0 Å². The Bertz CT molecular complexity index is 279. The molecule has 1 aliphatic rings. The summed E-state index contributed by atoms with van der Waals surface area (Å²) in [4.78, 5) is 0. The van der Waals surface area contributed by atoms with Gasteiger partial charge in [-0.25, -0.2) is 8.42 Å². The van der Waals surface area contributed by atoms with Gasteiger partial charge in [0.25, 0.3) is 0 Å². The predicted molar refractivity (Wildman–Crippen MR) is 59.1 cm³/mol. The number of nitrogens with two attached hydrogens (primary N) is 1. The Morgan fingerprint density at radius 3 is 2.87 bits per heavy atom. The molecule has 0 radical (unpaired) electrons. The van der Waals surface area contributed by atoms with Crippen LogP contribution < -0.4 is 5.73 Å². The average molecular weight is 236 g/mol. The van der Waals surface area contributed by atoms with Crippen molar-refractivity contribution in [1.29, 1.82) is 0 Å². The molecule has 1 heterocycles. The number of rotatable bonds is 6. The monoisotopic (exact) mass is 236 g/mol. The highest BCUT2D eigenvalue weighted by Gasteiger charge is 2.32. The third kappa shape index (κ3) is 3.41. The molecule has 0 aliphatic carbocycles. The van der Waals surface area contributed by atoms with E-state index < -0.39 is 10.0 Å². The van der Waals surface area contributed by atoms with E-state index in [1.807, 2.05) is 6.92 Å². The van der Waals surface area contributed by atoms with Crippen LogP contribution in [-0.2, 0) is 14.8 Å².